The maximum atomic E-state index is 11.4. The summed E-state index contributed by atoms with van der Waals surface area (Å²) in [7, 11) is 2.14. The van der Waals surface area contributed by atoms with Crippen molar-refractivity contribution >= 4 is 5.91 Å². The van der Waals surface area contributed by atoms with Gasteiger partial charge in [-0.05, 0) is 32.9 Å². The summed E-state index contributed by atoms with van der Waals surface area (Å²) in [5, 5.41) is 6.43. The lowest BCUT2D eigenvalue weighted by Crippen LogP contribution is -2.35. The molecule has 2 N–H and O–H groups in total. The minimum absolute atomic E-state index is 0.205. The van der Waals surface area contributed by atoms with E-state index in [0.717, 1.165) is 13.1 Å². The molecule has 0 spiro atoms. The molecule has 2 fully saturated rings. The first kappa shape index (κ1) is 10.9. The molecule has 1 saturated heterocycles. The van der Waals surface area contributed by atoms with E-state index in [1.165, 1.54) is 25.8 Å². The van der Waals surface area contributed by atoms with Crippen molar-refractivity contribution in [2.24, 2.45) is 0 Å². The Balaban J connectivity index is 1.52. The second-order valence-electron chi connectivity index (χ2n) is 4.79. The molecule has 1 saturated carbocycles. The van der Waals surface area contributed by atoms with Crippen LogP contribution in [0.1, 0.15) is 25.7 Å². The van der Waals surface area contributed by atoms with Crippen LogP contribution in [0.3, 0.4) is 0 Å². The Kier molecular flexibility index (Phi) is 3.59. The summed E-state index contributed by atoms with van der Waals surface area (Å²) < 4.78 is 0. The van der Waals surface area contributed by atoms with Gasteiger partial charge in [-0.2, -0.15) is 0 Å². The van der Waals surface area contributed by atoms with Gasteiger partial charge in [-0.1, -0.05) is 0 Å². The zero-order valence-corrected chi connectivity index (χ0v) is 9.46. The van der Waals surface area contributed by atoms with Crippen LogP contribution in [0.4, 0.5) is 0 Å². The zero-order valence-electron chi connectivity index (χ0n) is 9.46. The van der Waals surface area contributed by atoms with E-state index < -0.39 is 0 Å². The fourth-order valence-electron chi connectivity index (χ4n) is 2.02. The summed E-state index contributed by atoms with van der Waals surface area (Å²) in [6.45, 7) is 3.10. The highest BCUT2D eigenvalue weighted by Gasteiger charge is 2.23. The molecule has 86 valence electrons. The Morgan fingerprint density at radius 3 is 2.73 bits per heavy atom. The number of nitrogens with zero attached hydrogens (tertiary/aromatic N) is 1. The highest BCUT2D eigenvalue weighted by Crippen LogP contribution is 2.18. The molecule has 0 aromatic carbocycles. The lowest BCUT2D eigenvalue weighted by molar-refractivity contribution is -0.121. The van der Waals surface area contributed by atoms with Gasteiger partial charge in [-0.25, -0.2) is 0 Å². The van der Waals surface area contributed by atoms with Crippen molar-refractivity contribution in [2.75, 3.05) is 26.7 Å². The van der Waals surface area contributed by atoms with Gasteiger partial charge < -0.3 is 15.5 Å². The molecule has 1 aliphatic carbocycles. The number of hydrogen-bond donors (Lipinski definition) is 2. The van der Waals surface area contributed by atoms with Gasteiger partial charge in [0.25, 0.3) is 0 Å². The molecule has 1 aliphatic heterocycles. The highest BCUT2D eigenvalue weighted by molar-refractivity contribution is 5.76. The van der Waals surface area contributed by atoms with E-state index >= 15 is 0 Å². The van der Waals surface area contributed by atoms with Gasteiger partial charge in [0.2, 0.25) is 5.91 Å². The highest BCUT2D eigenvalue weighted by atomic mass is 16.1. The summed E-state index contributed by atoms with van der Waals surface area (Å²) >= 11 is 0. The molecule has 0 aromatic rings. The first-order chi connectivity index (χ1) is 7.24. The lowest BCUT2D eigenvalue weighted by atomic mass is 10.2. The second kappa shape index (κ2) is 4.94. The summed E-state index contributed by atoms with van der Waals surface area (Å²) in [6, 6.07) is 1.08. The molecule has 0 bridgehead atoms. The Hall–Kier alpha value is -0.610. The van der Waals surface area contributed by atoms with Crippen molar-refractivity contribution in [1.82, 2.24) is 15.5 Å². The van der Waals surface area contributed by atoms with Crippen molar-refractivity contribution in [2.45, 2.75) is 37.8 Å². The molecule has 1 unspecified atom stereocenters. The van der Waals surface area contributed by atoms with E-state index in [0.29, 0.717) is 18.5 Å². The standard InChI is InChI=1S/C11H21N3O/c1-14-7-5-10(8-14)12-6-4-11(15)13-9-2-3-9/h9-10,12H,2-8H2,1H3,(H,13,15). The Bertz CT molecular complexity index is 228. The van der Waals surface area contributed by atoms with Crippen molar-refractivity contribution in [3.63, 3.8) is 0 Å². The molecule has 1 amide bonds. The van der Waals surface area contributed by atoms with Crippen molar-refractivity contribution in [1.29, 1.82) is 0 Å². The second-order valence-corrected chi connectivity index (χ2v) is 4.79. The fourth-order valence-corrected chi connectivity index (χ4v) is 2.02. The van der Waals surface area contributed by atoms with Crippen LogP contribution in [0.25, 0.3) is 0 Å². The number of carbonyl (C=O) groups excluding carboxylic acids is 1. The monoisotopic (exact) mass is 211 g/mol. The average Bonchev–Trinajstić information content (AvgIpc) is 2.89. The van der Waals surface area contributed by atoms with E-state index in [9.17, 15) is 4.79 Å². The predicted octanol–water partition coefficient (Wildman–Crippen LogP) is -0.0512. The molecule has 1 atom stereocenters. The molecular formula is C11H21N3O. The van der Waals surface area contributed by atoms with E-state index in [4.69, 9.17) is 0 Å². The molecule has 0 radical (unpaired) electrons. The minimum Gasteiger partial charge on any atom is -0.353 e. The van der Waals surface area contributed by atoms with Crippen LogP contribution >= 0.6 is 0 Å². The van der Waals surface area contributed by atoms with Crippen LogP contribution in [0.2, 0.25) is 0 Å². The van der Waals surface area contributed by atoms with Crippen molar-refractivity contribution in [3.8, 4) is 0 Å². The van der Waals surface area contributed by atoms with Gasteiger partial charge in [0.1, 0.15) is 0 Å². The van der Waals surface area contributed by atoms with Crippen LogP contribution in [0.5, 0.6) is 0 Å². The number of hydrogen-bond acceptors (Lipinski definition) is 3. The van der Waals surface area contributed by atoms with Crippen molar-refractivity contribution in [3.05, 3.63) is 0 Å². The maximum absolute atomic E-state index is 11.4. The van der Waals surface area contributed by atoms with Gasteiger partial charge in [0.15, 0.2) is 0 Å². The molecule has 0 aromatic heterocycles. The maximum Gasteiger partial charge on any atom is 0.221 e. The number of rotatable bonds is 5. The first-order valence-corrected chi connectivity index (χ1v) is 5.95. The Morgan fingerprint density at radius 1 is 1.33 bits per heavy atom. The predicted molar refractivity (Wildman–Crippen MR) is 59.7 cm³/mol. The zero-order chi connectivity index (χ0) is 10.7. The minimum atomic E-state index is 0.205. The third kappa shape index (κ3) is 3.80. The van der Waals surface area contributed by atoms with E-state index in [1.54, 1.807) is 0 Å². The largest absolute Gasteiger partial charge is 0.353 e. The van der Waals surface area contributed by atoms with Crippen LogP contribution < -0.4 is 10.6 Å². The molecule has 4 heteroatoms. The normalized spacial score (nSPS) is 26.9. The Morgan fingerprint density at radius 2 is 2.13 bits per heavy atom. The van der Waals surface area contributed by atoms with Gasteiger partial charge in [0.05, 0.1) is 0 Å². The topological polar surface area (TPSA) is 44.4 Å². The quantitative estimate of drug-likeness (QED) is 0.670. The third-order valence-corrected chi connectivity index (χ3v) is 3.12. The fraction of sp³-hybridized carbons (Fsp3) is 0.909. The number of carbonyl (C=O) groups is 1. The molecular weight excluding hydrogens is 190 g/mol. The Labute approximate surface area is 91.4 Å². The smallest absolute Gasteiger partial charge is 0.221 e. The number of amides is 1. The summed E-state index contributed by atoms with van der Waals surface area (Å²) in [6.07, 6.45) is 4.18. The van der Waals surface area contributed by atoms with E-state index in [-0.39, 0.29) is 5.91 Å². The van der Waals surface area contributed by atoms with Gasteiger partial charge in [-0.15, -0.1) is 0 Å². The number of likely N-dealkylation sites (tertiary alicyclic amines) is 1. The molecule has 1 heterocycles. The lowest BCUT2D eigenvalue weighted by Gasteiger charge is -2.12. The third-order valence-electron chi connectivity index (χ3n) is 3.12. The van der Waals surface area contributed by atoms with Crippen LogP contribution in [0.15, 0.2) is 0 Å². The number of likely N-dealkylation sites (N-methyl/N-ethyl adjacent to an activating group) is 1. The van der Waals surface area contributed by atoms with Crippen LogP contribution in [-0.4, -0.2) is 49.6 Å². The van der Waals surface area contributed by atoms with Crippen LogP contribution in [0, 0.1) is 0 Å². The van der Waals surface area contributed by atoms with Gasteiger partial charge in [0, 0.05) is 31.6 Å². The van der Waals surface area contributed by atoms with Gasteiger partial charge in [-0.3, -0.25) is 4.79 Å². The molecule has 15 heavy (non-hydrogen) atoms. The van der Waals surface area contributed by atoms with Crippen LogP contribution in [-0.2, 0) is 4.79 Å². The van der Waals surface area contributed by atoms with E-state index in [2.05, 4.69) is 22.6 Å². The summed E-state index contributed by atoms with van der Waals surface area (Å²) in [4.78, 5) is 13.7. The van der Waals surface area contributed by atoms with Crippen molar-refractivity contribution < 1.29 is 4.79 Å². The SMILES string of the molecule is CN1CCC(NCCC(=O)NC2CC2)C1. The summed E-state index contributed by atoms with van der Waals surface area (Å²) in [5.74, 6) is 0.205. The summed E-state index contributed by atoms with van der Waals surface area (Å²) in [5.41, 5.74) is 0. The first-order valence-electron chi connectivity index (χ1n) is 5.95. The molecule has 4 nitrogen and oxygen atoms in total. The van der Waals surface area contributed by atoms with E-state index in [1.807, 2.05) is 0 Å². The molecule has 2 aliphatic rings. The number of nitrogens with one attached hydrogen (secondary N) is 2. The molecule has 2 rings (SSSR count). The van der Waals surface area contributed by atoms with Gasteiger partial charge >= 0.3 is 0 Å². The average molecular weight is 211 g/mol.